The molecule has 0 saturated carbocycles. The zero-order valence-electron chi connectivity index (χ0n) is 23.2. The average Bonchev–Trinajstić information content (AvgIpc) is 2.95. The molecule has 0 aromatic carbocycles. The highest BCUT2D eigenvalue weighted by Gasteiger charge is 2.26. The molecular weight excluding hydrogens is 512 g/mol. The lowest BCUT2D eigenvalue weighted by Gasteiger charge is -2.34. The van der Waals surface area contributed by atoms with Crippen molar-refractivity contribution in [2.24, 2.45) is 0 Å². The molecule has 13 heteroatoms. The molecule has 4 aliphatic heterocycles. The normalized spacial score (nSPS) is 22.8. The number of nitrogens with zero attached hydrogens (tertiary/aromatic N) is 4. The Kier molecular flexibility index (Phi) is 13.6. The number of esters is 2. The smallest absolute Gasteiger partial charge is 0.332 e. The predicted octanol–water partition coefficient (Wildman–Crippen LogP) is -1.84. The Morgan fingerprint density at radius 1 is 0.487 bits per heavy atom. The summed E-state index contributed by atoms with van der Waals surface area (Å²) in [7, 11) is 0. The quantitative estimate of drug-likeness (QED) is 0.223. The summed E-state index contributed by atoms with van der Waals surface area (Å²) in [6.07, 6.45) is -0.591. The molecule has 0 spiro atoms. The molecule has 4 heterocycles. The highest BCUT2D eigenvalue weighted by molar-refractivity contribution is 5.73. The van der Waals surface area contributed by atoms with Gasteiger partial charge in [-0.3, -0.25) is 19.6 Å². The number of morpholine rings is 4. The number of rotatable bonds is 14. The number of ether oxygens (including phenoxy) is 7. The van der Waals surface area contributed by atoms with Crippen LogP contribution in [-0.2, 0) is 42.7 Å². The third-order valence-corrected chi connectivity index (χ3v) is 7.30. The van der Waals surface area contributed by atoms with Gasteiger partial charge in [0.15, 0.2) is 0 Å². The molecule has 0 bridgehead atoms. The third-order valence-electron chi connectivity index (χ3n) is 7.30. The van der Waals surface area contributed by atoms with Gasteiger partial charge in [0.1, 0.15) is 25.4 Å². The summed E-state index contributed by atoms with van der Waals surface area (Å²) in [5.74, 6) is -0.958. The topological polar surface area (TPSA) is 112 Å². The summed E-state index contributed by atoms with van der Waals surface area (Å²) >= 11 is 0. The standard InChI is InChI=1S/C26H46N4O9/c31-25(38-23(17-27-1-9-33-10-2-27)18-28-3-11-34-12-4-28)21-37-22-26(32)39-24(19-29-5-13-35-14-6-29)20-30-7-15-36-16-8-30/h23-24H,1-22H2. The third kappa shape index (κ3) is 11.9. The first-order valence-corrected chi connectivity index (χ1v) is 14.3. The summed E-state index contributed by atoms with van der Waals surface area (Å²) in [4.78, 5) is 34.3. The van der Waals surface area contributed by atoms with Gasteiger partial charge in [-0.25, -0.2) is 9.59 Å². The van der Waals surface area contributed by atoms with Crippen LogP contribution in [0.25, 0.3) is 0 Å². The maximum Gasteiger partial charge on any atom is 0.332 e. The van der Waals surface area contributed by atoms with Gasteiger partial charge in [0.2, 0.25) is 0 Å². The predicted molar refractivity (Wildman–Crippen MR) is 140 cm³/mol. The van der Waals surface area contributed by atoms with E-state index in [0.717, 1.165) is 52.4 Å². The molecule has 39 heavy (non-hydrogen) atoms. The first-order chi connectivity index (χ1) is 19.1. The molecule has 0 N–H and O–H groups in total. The number of carbonyl (C=O) groups excluding carboxylic acids is 2. The van der Waals surface area contributed by atoms with Gasteiger partial charge in [-0.05, 0) is 0 Å². The molecule has 0 amide bonds. The Morgan fingerprint density at radius 2 is 0.744 bits per heavy atom. The molecule has 0 aliphatic carbocycles. The Labute approximate surface area is 231 Å². The summed E-state index contributed by atoms with van der Waals surface area (Å²) in [5, 5.41) is 0. The van der Waals surface area contributed by atoms with Crippen LogP contribution in [0.3, 0.4) is 0 Å². The second kappa shape index (κ2) is 17.4. The minimum absolute atomic E-state index is 0.296. The number of hydrogen-bond acceptors (Lipinski definition) is 13. The summed E-state index contributed by atoms with van der Waals surface area (Å²) < 4.78 is 38.8. The largest absolute Gasteiger partial charge is 0.458 e. The molecular formula is C26H46N4O9. The lowest BCUT2D eigenvalue weighted by molar-refractivity contribution is -0.164. The molecule has 0 atom stereocenters. The van der Waals surface area contributed by atoms with Crippen molar-refractivity contribution in [3.8, 4) is 0 Å². The minimum atomic E-state index is -0.479. The second-order valence-electron chi connectivity index (χ2n) is 10.4. The van der Waals surface area contributed by atoms with Gasteiger partial charge in [0.25, 0.3) is 0 Å². The van der Waals surface area contributed by atoms with Crippen LogP contribution in [0.1, 0.15) is 0 Å². The summed E-state index contributed by atoms with van der Waals surface area (Å²) in [5.41, 5.74) is 0. The van der Waals surface area contributed by atoms with Gasteiger partial charge in [-0.2, -0.15) is 0 Å². The maximum absolute atomic E-state index is 12.6. The van der Waals surface area contributed by atoms with E-state index >= 15 is 0 Å². The highest BCUT2D eigenvalue weighted by atomic mass is 16.6. The van der Waals surface area contributed by atoms with Crippen LogP contribution in [0, 0.1) is 0 Å². The van der Waals surface area contributed by atoms with E-state index in [1.807, 2.05) is 0 Å². The van der Waals surface area contributed by atoms with E-state index in [4.69, 9.17) is 33.2 Å². The summed E-state index contributed by atoms with van der Waals surface area (Å²) in [6.45, 7) is 13.9. The van der Waals surface area contributed by atoms with Gasteiger partial charge in [0, 0.05) is 78.5 Å². The molecule has 224 valence electrons. The van der Waals surface area contributed by atoms with E-state index in [-0.39, 0.29) is 25.4 Å². The van der Waals surface area contributed by atoms with Crippen molar-refractivity contribution in [1.82, 2.24) is 19.6 Å². The molecule has 0 aromatic rings. The van der Waals surface area contributed by atoms with Gasteiger partial charge in [-0.1, -0.05) is 0 Å². The van der Waals surface area contributed by atoms with Gasteiger partial charge in [0.05, 0.1) is 52.9 Å². The Bertz CT molecular complexity index is 612. The fourth-order valence-corrected chi connectivity index (χ4v) is 5.21. The molecule has 13 nitrogen and oxygen atoms in total. The fourth-order valence-electron chi connectivity index (χ4n) is 5.21. The van der Waals surface area contributed by atoms with E-state index in [2.05, 4.69) is 19.6 Å². The van der Waals surface area contributed by atoms with E-state index in [9.17, 15) is 9.59 Å². The Hall–Kier alpha value is -1.42. The van der Waals surface area contributed by atoms with Gasteiger partial charge < -0.3 is 33.2 Å². The molecule has 4 saturated heterocycles. The van der Waals surface area contributed by atoms with Crippen LogP contribution in [0.4, 0.5) is 0 Å². The molecule has 4 fully saturated rings. The average molecular weight is 559 g/mol. The number of carbonyl (C=O) groups is 2. The van der Waals surface area contributed by atoms with Crippen molar-refractivity contribution in [2.75, 3.05) is 145 Å². The molecule has 0 aromatic heterocycles. The Morgan fingerprint density at radius 3 is 1.00 bits per heavy atom. The monoisotopic (exact) mass is 558 g/mol. The maximum atomic E-state index is 12.6. The van der Waals surface area contributed by atoms with Gasteiger partial charge in [-0.15, -0.1) is 0 Å². The first kappa shape index (κ1) is 30.5. The van der Waals surface area contributed by atoms with Gasteiger partial charge >= 0.3 is 11.9 Å². The van der Waals surface area contributed by atoms with Crippen molar-refractivity contribution in [3.63, 3.8) is 0 Å². The van der Waals surface area contributed by atoms with E-state index in [1.165, 1.54) is 0 Å². The second-order valence-corrected chi connectivity index (χ2v) is 10.4. The van der Waals surface area contributed by atoms with Crippen molar-refractivity contribution in [3.05, 3.63) is 0 Å². The van der Waals surface area contributed by atoms with Crippen molar-refractivity contribution in [2.45, 2.75) is 12.2 Å². The number of hydrogen-bond donors (Lipinski definition) is 0. The SMILES string of the molecule is O=C(COCC(=O)OC(CN1CCOCC1)CN1CCOCC1)OC(CN1CCOCC1)CN1CCOCC1. The Balaban J connectivity index is 1.20. The fraction of sp³-hybridized carbons (Fsp3) is 0.923. The highest BCUT2D eigenvalue weighted by Crippen LogP contribution is 2.09. The van der Waals surface area contributed by atoms with Crippen LogP contribution >= 0.6 is 0 Å². The zero-order chi connectivity index (χ0) is 27.1. The molecule has 0 unspecified atom stereocenters. The van der Waals surface area contributed by atoms with Crippen molar-refractivity contribution < 1.29 is 42.7 Å². The van der Waals surface area contributed by atoms with Crippen LogP contribution in [0.2, 0.25) is 0 Å². The van der Waals surface area contributed by atoms with Crippen LogP contribution < -0.4 is 0 Å². The minimum Gasteiger partial charge on any atom is -0.458 e. The first-order valence-electron chi connectivity index (χ1n) is 14.3. The van der Waals surface area contributed by atoms with Crippen molar-refractivity contribution in [1.29, 1.82) is 0 Å². The van der Waals surface area contributed by atoms with E-state index < -0.39 is 11.9 Å². The van der Waals surface area contributed by atoms with E-state index in [0.29, 0.717) is 79.0 Å². The molecule has 4 rings (SSSR count). The van der Waals surface area contributed by atoms with Crippen LogP contribution in [0.5, 0.6) is 0 Å². The van der Waals surface area contributed by atoms with Crippen LogP contribution in [0.15, 0.2) is 0 Å². The molecule has 4 aliphatic rings. The van der Waals surface area contributed by atoms with E-state index in [1.54, 1.807) is 0 Å². The summed E-state index contributed by atoms with van der Waals surface area (Å²) in [6, 6.07) is 0. The van der Waals surface area contributed by atoms with Crippen molar-refractivity contribution >= 4 is 11.9 Å². The lowest BCUT2D eigenvalue weighted by Crippen LogP contribution is -2.49. The molecule has 0 radical (unpaired) electrons. The zero-order valence-corrected chi connectivity index (χ0v) is 23.2. The lowest BCUT2D eigenvalue weighted by atomic mass is 10.2. The van der Waals surface area contributed by atoms with Crippen LogP contribution in [-0.4, -0.2) is 188 Å².